The number of nitrogens with zero attached hydrogens (tertiary/aromatic N) is 3. The van der Waals surface area contributed by atoms with E-state index < -0.39 is 0 Å². The first-order valence-electron chi connectivity index (χ1n) is 8.50. The second kappa shape index (κ2) is 6.59. The van der Waals surface area contributed by atoms with E-state index in [1.54, 1.807) is 0 Å². The van der Waals surface area contributed by atoms with Gasteiger partial charge in [0.05, 0.1) is 16.7 Å². The first-order chi connectivity index (χ1) is 11.7. The zero-order valence-electron chi connectivity index (χ0n) is 13.4. The number of amides is 2. The number of halogens is 1. The van der Waals surface area contributed by atoms with Crippen molar-refractivity contribution >= 4 is 22.0 Å². The van der Waals surface area contributed by atoms with Crippen LogP contribution in [0.1, 0.15) is 37.3 Å². The van der Waals surface area contributed by atoms with Gasteiger partial charge in [-0.05, 0) is 47.2 Å². The molecule has 0 spiro atoms. The Hall–Kier alpha value is -1.82. The van der Waals surface area contributed by atoms with E-state index in [4.69, 9.17) is 0 Å². The molecule has 126 valence electrons. The fourth-order valence-corrected chi connectivity index (χ4v) is 4.38. The van der Waals surface area contributed by atoms with Crippen molar-refractivity contribution in [2.75, 3.05) is 0 Å². The van der Waals surface area contributed by atoms with Crippen LogP contribution in [0.5, 0.6) is 0 Å². The van der Waals surface area contributed by atoms with Crippen LogP contribution in [0.25, 0.3) is 0 Å². The highest BCUT2D eigenvalue weighted by atomic mass is 79.9. The van der Waals surface area contributed by atoms with Crippen molar-refractivity contribution < 1.29 is 4.79 Å². The van der Waals surface area contributed by atoms with Crippen LogP contribution in [-0.2, 0) is 6.54 Å². The highest BCUT2D eigenvalue weighted by Crippen LogP contribution is 2.40. The van der Waals surface area contributed by atoms with Gasteiger partial charge in [-0.1, -0.05) is 30.3 Å². The lowest BCUT2D eigenvalue weighted by Gasteiger charge is -2.38. The molecule has 24 heavy (non-hydrogen) atoms. The van der Waals surface area contributed by atoms with Crippen molar-refractivity contribution in [2.24, 2.45) is 0 Å². The molecule has 2 saturated heterocycles. The maximum atomic E-state index is 12.7. The van der Waals surface area contributed by atoms with Gasteiger partial charge in [0.25, 0.3) is 0 Å². The monoisotopic (exact) mass is 388 g/mol. The van der Waals surface area contributed by atoms with Crippen LogP contribution in [0.15, 0.2) is 47.2 Å². The minimum absolute atomic E-state index is 0.0754. The number of hydrogen-bond donors (Lipinski definition) is 1. The number of hydrogen-bond acceptors (Lipinski definition) is 2. The second-order valence-electron chi connectivity index (χ2n) is 6.70. The van der Waals surface area contributed by atoms with Crippen molar-refractivity contribution in [3.05, 3.63) is 52.8 Å². The van der Waals surface area contributed by atoms with Crippen molar-refractivity contribution in [1.29, 1.82) is 0 Å². The number of piperidine rings is 1. The van der Waals surface area contributed by atoms with Crippen molar-refractivity contribution in [3.63, 3.8) is 0 Å². The lowest BCUT2D eigenvalue weighted by atomic mass is 9.98. The van der Waals surface area contributed by atoms with Crippen LogP contribution in [0.4, 0.5) is 4.79 Å². The molecule has 2 aliphatic heterocycles. The Morgan fingerprint density at radius 2 is 1.88 bits per heavy atom. The average Bonchev–Trinajstić information content (AvgIpc) is 3.15. The number of nitrogens with one attached hydrogen (secondary N) is 1. The number of carbonyl (C=O) groups is 1. The minimum atomic E-state index is 0.0754. The largest absolute Gasteiger partial charge is 0.334 e. The van der Waals surface area contributed by atoms with Crippen molar-refractivity contribution in [2.45, 2.75) is 50.4 Å². The van der Waals surface area contributed by atoms with Gasteiger partial charge in [-0.25, -0.2) is 4.79 Å². The van der Waals surface area contributed by atoms with Gasteiger partial charge < -0.3 is 10.2 Å². The van der Waals surface area contributed by atoms with Crippen LogP contribution in [0.2, 0.25) is 0 Å². The molecule has 3 heterocycles. The molecular formula is C18H21BrN4O. The molecule has 2 aliphatic rings. The van der Waals surface area contributed by atoms with Gasteiger partial charge in [0.15, 0.2) is 0 Å². The van der Waals surface area contributed by atoms with Crippen LogP contribution in [-0.4, -0.2) is 32.8 Å². The lowest BCUT2D eigenvalue weighted by Crippen LogP contribution is -2.50. The molecule has 2 bridgehead atoms. The van der Waals surface area contributed by atoms with Gasteiger partial charge >= 0.3 is 6.03 Å². The quantitative estimate of drug-likeness (QED) is 0.870. The molecule has 2 atom stereocenters. The molecule has 2 unspecified atom stereocenters. The molecule has 0 aliphatic carbocycles. The standard InChI is InChI=1S/C18H21BrN4O/c19-14-11-21-22(12-14)17-8-15-6-7-16(9-17)23(15)18(24)20-10-13-4-2-1-3-5-13/h1-5,11-12,15-17H,6-10H2,(H,20,24). The van der Waals surface area contributed by atoms with Crippen LogP contribution in [0, 0.1) is 0 Å². The van der Waals surface area contributed by atoms with E-state index in [9.17, 15) is 4.79 Å². The summed E-state index contributed by atoms with van der Waals surface area (Å²) in [5, 5.41) is 7.52. The lowest BCUT2D eigenvalue weighted by molar-refractivity contribution is 0.120. The van der Waals surface area contributed by atoms with Gasteiger partial charge in [0.1, 0.15) is 0 Å². The molecule has 1 aromatic carbocycles. The van der Waals surface area contributed by atoms with E-state index in [-0.39, 0.29) is 6.03 Å². The molecule has 2 fully saturated rings. The molecule has 1 aromatic heterocycles. The van der Waals surface area contributed by atoms with E-state index in [0.717, 1.165) is 35.7 Å². The van der Waals surface area contributed by atoms with Gasteiger partial charge in [0, 0.05) is 24.8 Å². The topological polar surface area (TPSA) is 50.2 Å². The highest BCUT2D eigenvalue weighted by Gasteiger charge is 2.43. The van der Waals surface area contributed by atoms with Gasteiger partial charge in [-0.3, -0.25) is 4.68 Å². The van der Waals surface area contributed by atoms with Crippen LogP contribution in [0.3, 0.4) is 0 Å². The summed E-state index contributed by atoms with van der Waals surface area (Å²) in [4.78, 5) is 14.7. The maximum Gasteiger partial charge on any atom is 0.318 e. The maximum absolute atomic E-state index is 12.7. The van der Waals surface area contributed by atoms with E-state index in [1.807, 2.05) is 42.7 Å². The number of aromatic nitrogens is 2. The molecule has 0 radical (unpaired) electrons. The fourth-order valence-electron chi connectivity index (χ4n) is 4.08. The molecule has 1 N–H and O–H groups in total. The molecular weight excluding hydrogens is 368 g/mol. The van der Waals surface area contributed by atoms with Crippen LogP contribution >= 0.6 is 15.9 Å². The third kappa shape index (κ3) is 3.07. The van der Waals surface area contributed by atoms with Crippen LogP contribution < -0.4 is 5.32 Å². The van der Waals surface area contributed by atoms with Crippen molar-refractivity contribution in [3.8, 4) is 0 Å². The third-order valence-corrected chi connectivity index (χ3v) is 5.58. The molecule has 2 aromatic rings. The fraction of sp³-hybridized carbons (Fsp3) is 0.444. The number of benzene rings is 1. The Kier molecular flexibility index (Phi) is 4.31. The summed E-state index contributed by atoms with van der Waals surface area (Å²) in [5.41, 5.74) is 1.13. The number of rotatable bonds is 3. The zero-order valence-corrected chi connectivity index (χ0v) is 15.0. The summed E-state index contributed by atoms with van der Waals surface area (Å²) < 4.78 is 3.06. The Balaban J connectivity index is 1.40. The highest BCUT2D eigenvalue weighted by molar-refractivity contribution is 9.10. The Morgan fingerprint density at radius 3 is 2.50 bits per heavy atom. The predicted octanol–water partition coefficient (Wildman–Crippen LogP) is 3.72. The first-order valence-corrected chi connectivity index (χ1v) is 9.30. The third-order valence-electron chi connectivity index (χ3n) is 5.17. The normalized spacial score (nSPS) is 25.7. The smallest absolute Gasteiger partial charge is 0.318 e. The first kappa shape index (κ1) is 15.7. The van der Waals surface area contributed by atoms with Gasteiger partial charge in [-0.2, -0.15) is 5.10 Å². The number of carbonyl (C=O) groups excluding carboxylic acids is 1. The van der Waals surface area contributed by atoms with Gasteiger partial charge in [-0.15, -0.1) is 0 Å². The summed E-state index contributed by atoms with van der Waals surface area (Å²) in [6, 6.07) is 11.2. The minimum Gasteiger partial charge on any atom is -0.334 e. The van der Waals surface area contributed by atoms with Gasteiger partial charge in [0.2, 0.25) is 0 Å². The van der Waals surface area contributed by atoms with E-state index in [2.05, 4.69) is 35.9 Å². The Morgan fingerprint density at radius 1 is 1.17 bits per heavy atom. The zero-order chi connectivity index (χ0) is 16.5. The van der Waals surface area contributed by atoms with E-state index >= 15 is 0 Å². The molecule has 2 amide bonds. The number of fused-ring (bicyclic) bond motifs is 2. The van der Waals surface area contributed by atoms with Crippen molar-refractivity contribution in [1.82, 2.24) is 20.0 Å². The second-order valence-corrected chi connectivity index (χ2v) is 7.62. The van der Waals surface area contributed by atoms with E-state index in [0.29, 0.717) is 24.7 Å². The predicted molar refractivity (Wildman–Crippen MR) is 95.5 cm³/mol. The molecule has 6 heteroatoms. The summed E-state index contributed by atoms with van der Waals surface area (Å²) in [7, 11) is 0. The average molecular weight is 389 g/mol. The summed E-state index contributed by atoms with van der Waals surface area (Å²) in [5.74, 6) is 0. The molecule has 5 nitrogen and oxygen atoms in total. The summed E-state index contributed by atoms with van der Waals surface area (Å²) >= 11 is 3.46. The Labute approximate surface area is 150 Å². The van der Waals surface area contributed by atoms with E-state index in [1.165, 1.54) is 0 Å². The summed E-state index contributed by atoms with van der Waals surface area (Å²) in [6.45, 7) is 0.588. The SMILES string of the molecule is O=C(NCc1ccccc1)N1C2CCC1CC(n1cc(Br)cn1)C2. The molecule has 0 saturated carbocycles. The number of urea groups is 1. The molecule has 4 rings (SSSR count). The Bertz CT molecular complexity index is 703. The summed E-state index contributed by atoms with van der Waals surface area (Å²) in [6.07, 6.45) is 8.05.